The molecule has 1 saturated carbocycles. The van der Waals surface area contributed by atoms with Gasteiger partial charge < -0.3 is 14.6 Å². The standard InChI is InChI=1S/C33H37N3O3/c1-25-29(28-17-9-4-10-18-28)21-31(34-38-23-26-13-5-2-6-14-26)32(35-39-24-27-15-7-3-8-16-27)22-30(25)33(37)36-19-11-12-20-36/h2-10,13-18,25,29-30H,11-12,19-24H2,1H3/b34-31+,35-32-/t25-,29+,30+/m1/s1. The van der Waals surface area contributed by atoms with E-state index in [-0.39, 0.29) is 23.7 Å². The molecule has 3 aromatic carbocycles. The Kier molecular flexibility index (Phi) is 9.05. The van der Waals surface area contributed by atoms with E-state index in [2.05, 4.69) is 41.5 Å². The molecule has 202 valence electrons. The fraction of sp³-hybridized carbons (Fsp3) is 0.364. The molecule has 0 aromatic heterocycles. The topological polar surface area (TPSA) is 63.5 Å². The van der Waals surface area contributed by atoms with Gasteiger partial charge in [-0.1, -0.05) is 108 Å². The minimum atomic E-state index is -0.214. The van der Waals surface area contributed by atoms with Gasteiger partial charge in [0.25, 0.3) is 0 Å². The highest BCUT2D eigenvalue weighted by Gasteiger charge is 2.40. The first kappa shape index (κ1) is 26.7. The summed E-state index contributed by atoms with van der Waals surface area (Å²) in [4.78, 5) is 27.6. The molecule has 0 bridgehead atoms. The summed E-state index contributed by atoms with van der Waals surface area (Å²) in [5.41, 5.74) is 4.73. The van der Waals surface area contributed by atoms with Crippen molar-refractivity contribution >= 4 is 17.3 Å². The van der Waals surface area contributed by atoms with Crippen molar-refractivity contribution in [3.05, 3.63) is 108 Å². The number of hydrogen-bond donors (Lipinski definition) is 0. The number of oxime groups is 2. The summed E-state index contributed by atoms with van der Waals surface area (Å²) in [5, 5.41) is 9.23. The summed E-state index contributed by atoms with van der Waals surface area (Å²) in [7, 11) is 0. The predicted octanol–water partition coefficient (Wildman–Crippen LogP) is 6.58. The average Bonchev–Trinajstić information content (AvgIpc) is 3.49. The molecule has 0 radical (unpaired) electrons. The van der Waals surface area contributed by atoms with Crippen molar-refractivity contribution in [1.82, 2.24) is 4.90 Å². The van der Waals surface area contributed by atoms with Crippen LogP contribution in [0, 0.1) is 11.8 Å². The van der Waals surface area contributed by atoms with E-state index >= 15 is 0 Å². The number of carbonyl (C=O) groups excluding carboxylic acids is 1. The molecule has 1 aliphatic carbocycles. The van der Waals surface area contributed by atoms with Crippen LogP contribution in [0.4, 0.5) is 0 Å². The SMILES string of the molecule is C[C@H]1[C@@H](C(=O)N2CCCC2)CC(=N/OCc2ccccc2)/C(=N/OCc2ccccc2)C[C@@H]1c1ccccc1. The predicted molar refractivity (Wildman–Crippen MR) is 154 cm³/mol. The summed E-state index contributed by atoms with van der Waals surface area (Å²) < 4.78 is 0. The van der Waals surface area contributed by atoms with Crippen molar-refractivity contribution in [3.63, 3.8) is 0 Å². The molecule has 0 N–H and O–H groups in total. The maximum atomic E-state index is 13.8. The number of likely N-dealkylation sites (tertiary alicyclic amines) is 1. The lowest BCUT2D eigenvalue weighted by molar-refractivity contribution is -0.136. The van der Waals surface area contributed by atoms with E-state index in [1.54, 1.807) is 0 Å². The van der Waals surface area contributed by atoms with Crippen LogP contribution >= 0.6 is 0 Å². The Hall–Kier alpha value is -3.93. The van der Waals surface area contributed by atoms with E-state index in [0.717, 1.165) is 42.8 Å². The maximum Gasteiger partial charge on any atom is 0.226 e. The highest BCUT2D eigenvalue weighted by atomic mass is 16.6. The van der Waals surface area contributed by atoms with Crippen LogP contribution in [-0.2, 0) is 27.7 Å². The molecule has 6 nitrogen and oxygen atoms in total. The van der Waals surface area contributed by atoms with Crippen molar-refractivity contribution in [3.8, 4) is 0 Å². The van der Waals surface area contributed by atoms with Crippen LogP contribution in [0.15, 0.2) is 101 Å². The van der Waals surface area contributed by atoms with Gasteiger partial charge in [0.05, 0.1) is 0 Å². The Morgan fingerprint density at radius 3 is 1.77 bits per heavy atom. The van der Waals surface area contributed by atoms with E-state index in [0.29, 0.717) is 31.8 Å². The van der Waals surface area contributed by atoms with E-state index in [1.807, 2.05) is 71.6 Å². The molecule has 5 rings (SSSR count). The van der Waals surface area contributed by atoms with Crippen molar-refractivity contribution < 1.29 is 14.5 Å². The number of rotatable bonds is 8. The summed E-state index contributed by atoms with van der Waals surface area (Å²) in [5.74, 6) is 0.197. The van der Waals surface area contributed by atoms with E-state index in [1.165, 1.54) is 5.56 Å². The quantitative estimate of drug-likeness (QED) is 0.247. The first-order valence-corrected chi connectivity index (χ1v) is 14.0. The van der Waals surface area contributed by atoms with Crippen LogP contribution in [-0.4, -0.2) is 35.3 Å². The van der Waals surface area contributed by atoms with Gasteiger partial charge in [0.2, 0.25) is 5.91 Å². The van der Waals surface area contributed by atoms with Gasteiger partial charge in [-0.2, -0.15) is 0 Å². The molecular weight excluding hydrogens is 486 g/mol. The van der Waals surface area contributed by atoms with Crippen LogP contribution in [0.5, 0.6) is 0 Å². The van der Waals surface area contributed by atoms with Gasteiger partial charge in [0, 0.05) is 31.8 Å². The van der Waals surface area contributed by atoms with Crippen molar-refractivity contribution in [2.75, 3.05) is 13.1 Å². The van der Waals surface area contributed by atoms with E-state index in [4.69, 9.17) is 9.68 Å². The van der Waals surface area contributed by atoms with Crippen LogP contribution in [0.2, 0.25) is 0 Å². The lowest BCUT2D eigenvalue weighted by Crippen LogP contribution is -2.38. The molecule has 3 atom stereocenters. The molecule has 0 unspecified atom stereocenters. The molecule has 1 heterocycles. The Bertz CT molecular complexity index is 1260. The fourth-order valence-corrected chi connectivity index (χ4v) is 5.61. The zero-order valence-electron chi connectivity index (χ0n) is 22.6. The van der Waals surface area contributed by atoms with Crippen molar-refractivity contribution in [2.45, 2.75) is 51.7 Å². The molecule has 0 spiro atoms. The molecular formula is C33H37N3O3. The Morgan fingerprint density at radius 2 is 1.23 bits per heavy atom. The second-order valence-corrected chi connectivity index (χ2v) is 10.5. The monoisotopic (exact) mass is 523 g/mol. The fourth-order valence-electron chi connectivity index (χ4n) is 5.61. The second-order valence-electron chi connectivity index (χ2n) is 10.5. The van der Waals surface area contributed by atoms with Gasteiger partial charge in [-0.25, -0.2) is 0 Å². The number of benzene rings is 3. The molecule has 1 aliphatic heterocycles. The molecule has 2 aliphatic rings. The van der Waals surface area contributed by atoms with Gasteiger partial charge in [-0.15, -0.1) is 0 Å². The van der Waals surface area contributed by atoms with Crippen LogP contribution in [0.1, 0.15) is 55.2 Å². The first-order chi connectivity index (χ1) is 19.2. The summed E-state index contributed by atoms with van der Waals surface area (Å²) in [6.45, 7) is 4.58. The number of hydrogen-bond acceptors (Lipinski definition) is 5. The summed E-state index contributed by atoms with van der Waals surface area (Å²) >= 11 is 0. The molecule has 1 saturated heterocycles. The minimum Gasteiger partial charge on any atom is -0.391 e. The van der Waals surface area contributed by atoms with Crippen molar-refractivity contribution in [1.29, 1.82) is 0 Å². The van der Waals surface area contributed by atoms with Gasteiger partial charge in [-0.3, -0.25) is 4.79 Å². The Labute approximate surface area is 231 Å². The summed E-state index contributed by atoms with van der Waals surface area (Å²) in [6, 6.07) is 30.4. The van der Waals surface area contributed by atoms with Crippen LogP contribution in [0.3, 0.4) is 0 Å². The van der Waals surface area contributed by atoms with Gasteiger partial charge >= 0.3 is 0 Å². The average molecular weight is 524 g/mol. The Balaban J connectivity index is 1.46. The first-order valence-electron chi connectivity index (χ1n) is 14.0. The van der Waals surface area contributed by atoms with Crippen molar-refractivity contribution in [2.24, 2.45) is 22.1 Å². The third kappa shape index (κ3) is 6.94. The third-order valence-corrected chi connectivity index (χ3v) is 7.89. The third-order valence-electron chi connectivity index (χ3n) is 7.89. The largest absolute Gasteiger partial charge is 0.391 e. The molecule has 1 amide bonds. The number of amides is 1. The molecule has 6 heteroatoms. The van der Waals surface area contributed by atoms with Gasteiger partial charge in [0.1, 0.15) is 24.6 Å². The Morgan fingerprint density at radius 1 is 0.744 bits per heavy atom. The van der Waals surface area contributed by atoms with E-state index < -0.39 is 0 Å². The highest BCUT2D eigenvalue weighted by molar-refractivity contribution is 6.42. The number of carbonyl (C=O) groups is 1. The van der Waals surface area contributed by atoms with Gasteiger partial charge in [-0.05, 0) is 41.4 Å². The maximum absolute atomic E-state index is 13.8. The highest BCUT2D eigenvalue weighted by Crippen LogP contribution is 2.39. The molecule has 2 fully saturated rings. The van der Waals surface area contributed by atoms with Crippen LogP contribution in [0.25, 0.3) is 0 Å². The smallest absolute Gasteiger partial charge is 0.226 e. The van der Waals surface area contributed by atoms with E-state index in [9.17, 15) is 4.79 Å². The number of nitrogens with zero attached hydrogens (tertiary/aromatic N) is 3. The zero-order chi connectivity index (χ0) is 26.9. The summed E-state index contributed by atoms with van der Waals surface area (Å²) in [6.07, 6.45) is 3.23. The molecule has 39 heavy (non-hydrogen) atoms. The lowest BCUT2D eigenvalue weighted by Gasteiger charge is -2.30. The lowest BCUT2D eigenvalue weighted by atomic mass is 9.77. The minimum absolute atomic E-state index is 0.0987. The molecule has 3 aromatic rings. The van der Waals surface area contributed by atoms with Crippen LogP contribution < -0.4 is 0 Å². The van der Waals surface area contributed by atoms with Gasteiger partial charge in [0.15, 0.2) is 0 Å². The second kappa shape index (κ2) is 13.2. The zero-order valence-corrected chi connectivity index (χ0v) is 22.6. The normalized spacial score (nSPS) is 23.5.